The highest BCUT2D eigenvalue weighted by atomic mass is 35.5. The van der Waals surface area contributed by atoms with Crippen LogP contribution in [0.4, 0.5) is 0 Å². The van der Waals surface area contributed by atoms with Gasteiger partial charge in [0.15, 0.2) is 0 Å². The lowest BCUT2D eigenvalue weighted by atomic mass is 9.71. The van der Waals surface area contributed by atoms with Crippen molar-refractivity contribution in [1.29, 1.82) is 0 Å². The SMILES string of the molecule is CC1(C)CC=C(C2=CCCC=C2)c2cc(C=Cc3ccc(C(=O)O)cc3Cl)ccc21. The molecule has 2 aliphatic carbocycles. The van der Waals surface area contributed by atoms with E-state index in [1.54, 1.807) is 12.1 Å². The Bertz CT molecular complexity index is 1130. The van der Waals surface area contributed by atoms with E-state index >= 15 is 0 Å². The lowest BCUT2D eigenvalue weighted by Crippen LogP contribution is -2.22. The van der Waals surface area contributed by atoms with Crippen molar-refractivity contribution in [2.75, 3.05) is 0 Å². The van der Waals surface area contributed by atoms with Crippen LogP contribution in [0.2, 0.25) is 5.02 Å². The molecule has 0 aliphatic heterocycles. The van der Waals surface area contributed by atoms with E-state index in [9.17, 15) is 4.79 Å². The van der Waals surface area contributed by atoms with Gasteiger partial charge in [0.25, 0.3) is 0 Å². The molecule has 3 heteroatoms. The Hall–Kier alpha value is -2.84. The quantitative estimate of drug-likeness (QED) is 0.522. The van der Waals surface area contributed by atoms with Gasteiger partial charge in [-0.05, 0) is 76.3 Å². The number of fused-ring (bicyclic) bond motifs is 1. The summed E-state index contributed by atoms with van der Waals surface area (Å²) in [6, 6.07) is 11.4. The molecular formula is C27H25ClO2. The van der Waals surface area contributed by atoms with E-state index in [-0.39, 0.29) is 11.0 Å². The average Bonchev–Trinajstić information content (AvgIpc) is 2.73. The number of aromatic carboxylic acids is 1. The second-order valence-electron chi connectivity index (χ2n) is 8.52. The predicted molar refractivity (Wildman–Crippen MR) is 126 cm³/mol. The van der Waals surface area contributed by atoms with E-state index in [2.05, 4.69) is 56.4 Å². The van der Waals surface area contributed by atoms with Crippen LogP contribution in [0.3, 0.4) is 0 Å². The number of benzene rings is 2. The monoisotopic (exact) mass is 416 g/mol. The predicted octanol–water partition coefficient (Wildman–Crippen LogP) is 7.55. The molecule has 2 aliphatic rings. The molecule has 0 unspecified atom stereocenters. The van der Waals surface area contributed by atoms with Crippen molar-refractivity contribution in [1.82, 2.24) is 0 Å². The Morgan fingerprint density at radius 1 is 1.07 bits per heavy atom. The van der Waals surface area contributed by atoms with Gasteiger partial charge in [-0.1, -0.05) is 80.1 Å². The number of hydrogen-bond acceptors (Lipinski definition) is 1. The van der Waals surface area contributed by atoms with Crippen LogP contribution in [-0.2, 0) is 5.41 Å². The van der Waals surface area contributed by atoms with Gasteiger partial charge in [0, 0.05) is 5.02 Å². The first-order valence-electron chi connectivity index (χ1n) is 10.3. The molecular weight excluding hydrogens is 392 g/mol. The van der Waals surface area contributed by atoms with Gasteiger partial charge in [0.1, 0.15) is 0 Å². The second-order valence-corrected chi connectivity index (χ2v) is 8.93. The van der Waals surface area contributed by atoms with E-state index < -0.39 is 5.97 Å². The number of carboxylic acid groups (broad SMARTS) is 1. The molecule has 0 amide bonds. The molecule has 0 bridgehead atoms. The molecule has 0 fully saturated rings. The number of carbonyl (C=O) groups is 1. The van der Waals surface area contributed by atoms with Gasteiger partial charge in [-0.15, -0.1) is 0 Å². The van der Waals surface area contributed by atoms with Gasteiger partial charge in [0.2, 0.25) is 0 Å². The smallest absolute Gasteiger partial charge is 0.335 e. The van der Waals surface area contributed by atoms with Crippen molar-refractivity contribution in [3.63, 3.8) is 0 Å². The molecule has 2 nitrogen and oxygen atoms in total. The maximum atomic E-state index is 11.1. The second kappa shape index (κ2) is 8.12. The molecule has 0 spiro atoms. The summed E-state index contributed by atoms with van der Waals surface area (Å²) in [5.74, 6) is -0.977. The van der Waals surface area contributed by atoms with Crippen LogP contribution in [0.25, 0.3) is 17.7 Å². The minimum absolute atomic E-state index is 0.107. The van der Waals surface area contributed by atoms with Crippen LogP contribution in [0.5, 0.6) is 0 Å². The van der Waals surface area contributed by atoms with Crippen molar-refractivity contribution in [3.05, 3.63) is 99.1 Å². The number of rotatable bonds is 4. The van der Waals surface area contributed by atoms with Crippen molar-refractivity contribution >= 4 is 35.3 Å². The zero-order chi connectivity index (χ0) is 21.3. The van der Waals surface area contributed by atoms with E-state index in [1.807, 2.05) is 12.2 Å². The highest BCUT2D eigenvalue weighted by molar-refractivity contribution is 6.32. The minimum atomic E-state index is -0.977. The maximum absolute atomic E-state index is 11.1. The highest BCUT2D eigenvalue weighted by Gasteiger charge is 2.28. The summed E-state index contributed by atoms with van der Waals surface area (Å²) >= 11 is 6.28. The molecule has 0 saturated carbocycles. The first-order valence-corrected chi connectivity index (χ1v) is 10.7. The average molecular weight is 417 g/mol. The topological polar surface area (TPSA) is 37.3 Å². The van der Waals surface area contributed by atoms with Crippen LogP contribution < -0.4 is 0 Å². The summed E-state index contributed by atoms with van der Waals surface area (Å²) in [5.41, 5.74) is 7.49. The molecule has 4 rings (SSSR count). The summed E-state index contributed by atoms with van der Waals surface area (Å²) in [5, 5.41) is 9.54. The fourth-order valence-electron chi connectivity index (χ4n) is 4.12. The van der Waals surface area contributed by atoms with E-state index in [0.717, 1.165) is 30.4 Å². The summed E-state index contributed by atoms with van der Waals surface area (Å²) in [4.78, 5) is 11.1. The lowest BCUT2D eigenvalue weighted by molar-refractivity contribution is 0.0697. The molecule has 0 atom stereocenters. The number of hydrogen-bond donors (Lipinski definition) is 1. The Labute approximate surface area is 182 Å². The van der Waals surface area contributed by atoms with Gasteiger partial charge < -0.3 is 5.11 Å². The maximum Gasteiger partial charge on any atom is 0.335 e. The zero-order valence-corrected chi connectivity index (χ0v) is 18.0. The number of allylic oxidation sites excluding steroid dienone is 6. The van der Waals surface area contributed by atoms with E-state index in [0.29, 0.717) is 5.02 Å². The standard InChI is InChI=1S/C27H25ClO2/c1-27(2)15-14-22(19-6-4-3-5-7-19)23-16-18(9-13-24(23)27)8-10-20-11-12-21(26(29)30)17-25(20)28/h4,6-14,16-17H,3,5,15H2,1-2H3,(H,29,30). The lowest BCUT2D eigenvalue weighted by Gasteiger charge is -2.33. The zero-order valence-electron chi connectivity index (χ0n) is 17.3. The number of carboxylic acids is 1. The normalized spacial score (nSPS) is 17.4. The summed E-state index contributed by atoms with van der Waals surface area (Å²) < 4.78 is 0. The van der Waals surface area contributed by atoms with Crippen LogP contribution in [0.15, 0.2) is 66.3 Å². The van der Waals surface area contributed by atoms with E-state index in [1.165, 1.54) is 28.3 Å². The molecule has 30 heavy (non-hydrogen) atoms. The molecule has 2 aromatic carbocycles. The Kier molecular flexibility index (Phi) is 5.53. The highest BCUT2D eigenvalue weighted by Crippen LogP contribution is 2.42. The van der Waals surface area contributed by atoms with Gasteiger partial charge in [0.05, 0.1) is 5.56 Å². The Morgan fingerprint density at radius 3 is 2.60 bits per heavy atom. The van der Waals surface area contributed by atoms with Crippen molar-refractivity contribution < 1.29 is 9.90 Å². The molecule has 152 valence electrons. The Balaban J connectivity index is 1.70. The van der Waals surface area contributed by atoms with Crippen molar-refractivity contribution in [3.8, 4) is 0 Å². The molecule has 1 N–H and O–H groups in total. The van der Waals surface area contributed by atoms with Crippen LogP contribution in [0.1, 0.15) is 65.7 Å². The molecule has 0 radical (unpaired) electrons. The van der Waals surface area contributed by atoms with Crippen molar-refractivity contribution in [2.24, 2.45) is 0 Å². The summed E-state index contributed by atoms with van der Waals surface area (Å²) in [7, 11) is 0. The fourth-order valence-corrected chi connectivity index (χ4v) is 4.37. The van der Waals surface area contributed by atoms with Gasteiger partial charge >= 0.3 is 5.97 Å². The molecule has 2 aromatic rings. The van der Waals surface area contributed by atoms with Crippen LogP contribution >= 0.6 is 11.6 Å². The third-order valence-electron chi connectivity index (χ3n) is 5.89. The Morgan fingerprint density at radius 2 is 1.90 bits per heavy atom. The minimum Gasteiger partial charge on any atom is -0.478 e. The van der Waals surface area contributed by atoms with Crippen LogP contribution in [0, 0.1) is 0 Å². The third kappa shape index (κ3) is 4.06. The largest absolute Gasteiger partial charge is 0.478 e. The number of halogens is 1. The van der Waals surface area contributed by atoms with Gasteiger partial charge in [-0.3, -0.25) is 0 Å². The van der Waals surface area contributed by atoms with Gasteiger partial charge in [-0.25, -0.2) is 4.79 Å². The summed E-state index contributed by atoms with van der Waals surface area (Å²) in [6.45, 7) is 4.59. The molecule has 0 saturated heterocycles. The summed E-state index contributed by atoms with van der Waals surface area (Å²) in [6.07, 6.45) is 16.4. The van der Waals surface area contributed by atoms with E-state index in [4.69, 9.17) is 16.7 Å². The van der Waals surface area contributed by atoms with Crippen LogP contribution in [-0.4, -0.2) is 11.1 Å². The molecule has 0 aromatic heterocycles. The molecule has 0 heterocycles. The third-order valence-corrected chi connectivity index (χ3v) is 6.22. The first-order chi connectivity index (χ1) is 14.3. The van der Waals surface area contributed by atoms with Gasteiger partial charge in [-0.2, -0.15) is 0 Å². The fraction of sp³-hybridized carbons (Fsp3) is 0.222. The van der Waals surface area contributed by atoms with Crippen molar-refractivity contribution in [2.45, 2.75) is 38.5 Å². The first kappa shape index (κ1) is 20.4.